The smallest absolute Gasteiger partial charge is 0.462 e. The van der Waals surface area contributed by atoms with Crippen molar-refractivity contribution in [3.63, 3.8) is 0 Å². The Hall–Kier alpha value is -4.28. The van der Waals surface area contributed by atoms with E-state index in [-0.39, 0.29) is 25.7 Å². The molecule has 0 rings (SSSR count). The molecule has 5 atom stereocenters. The number of aliphatic hydroxyl groups is 1. The van der Waals surface area contributed by atoms with E-state index >= 15 is 0 Å². The largest absolute Gasteiger partial charge is 0.472 e. The third-order valence-electron chi connectivity index (χ3n) is 16.7. The average Bonchev–Trinajstić information content (AvgIpc) is 0.909. The van der Waals surface area contributed by atoms with E-state index in [1.807, 2.05) is 0 Å². The zero-order valence-electron chi connectivity index (χ0n) is 64.3. The summed E-state index contributed by atoms with van der Waals surface area (Å²) in [5.74, 6) is -2.24. The van der Waals surface area contributed by atoms with Crippen molar-refractivity contribution in [1.29, 1.82) is 0 Å². The number of aliphatic hydroxyl groups excluding tert-OH is 1. The lowest BCUT2D eigenvalue weighted by Crippen LogP contribution is -2.30. The number of esters is 4. The number of carbonyl (C=O) groups excluding carboxylic acids is 4. The number of unbranched alkanes of at least 4 members (excludes halogenated alkanes) is 31. The summed E-state index contributed by atoms with van der Waals surface area (Å²) in [5, 5.41) is 10.6. The highest BCUT2D eigenvalue weighted by atomic mass is 31.2. The van der Waals surface area contributed by atoms with Crippen LogP contribution in [0.5, 0.6) is 0 Å². The highest BCUT2D eigenvalue weighted by Gasteiger charge is 2.30. The van der Waals surface area contributed by atoms with Crippen molar-refractivity contribution < 1.29 is 80.2 Å². The van der Waals surface area contributed by atoms with Crippen molar-refractivity contribution in [2.75, 3.05) is 39.6 Å². The highest BCUT2D eigenvalue weighted by molar-refractivity contribution is 7.47. The maximum absolute atomic E-state index is 13.1. The first kappa shape index (κ1) is 97.7. The van der Waals surface area contributed by atoms with Crippen LogP contribution in [-0.2, 0) is 65.4 Å². The van der Waals surface area contributed by atoms with Gasteiger partial charge in [-0.3, -0.25) is 37.3 Å². The zero-order chi connectivity index (χ0) is 74.6. The molecule has 588 valence electrons. The van der Waals surface area contributed by atoms with E-state index < -0.39 is 97.5 Å². The molecule has 0 heterocycles. The Kier molecular flexibility index (Phi) is 71.8. The lowest BCUT2D eigenvalue weighted by Gasteiger charge is -2.21. The number of carbonyl (C=O) groups is 4. The van der Waals surface area contributed by atoms with Crippen molar-refractivity contribution in [1.82, 2.24) is 0 Å². The predicted molar refractivity (Wildman–Crippen MR) is 418 cm³/mol. The first-order chi connectivity index (χ1) is 49.7. The van der Waals surface area contributed by atoms with E-state index in [4.69, 9.17) is 37.0 Å². The Morgan fingerprint density at radius 2 is 0.510 bits per heavy atom. The summed E-state index contributed by atoms with van der Waals surface area (Å²) in [6.45, 7) is 4.66. The van der Waals surface area contributed by atoms with Crippen LogP contribution in [0.4, 0.5) is 0 Å². The molecule has 0 aliphatic heterocycles. The van der Waals surface area contributed by atoms with Crippen LogP contribution in [0.2, 0.25) is 0 Å². The van der Waals surface area contributed by atoms with Crippen molar-refractivity contribution in [2.45, 2.75) is 354 Å². The summed E-state index contributed by atoms with van der Waals surface area (Å²) in [4.78, 5) is 73.0. The molecule has 0 saturated carbocycles. The summed E-state index contributed by atoms with van der Waals surface area (Å²) in [6, 6.07) is 0. The number of hydrogen-bond donors (Lipinski definition) is 3. The SMILES string of the molecule is CC/C=C\C/C=C\C/C=C\C/C=C\CCCCC(=O)OCC(COP(=O)(O)OCC(O)COP(=O)(O)OCC(COC(=O)CCCCCCCC/C=C\C/C=C\C/C=C\CCCCC)OC(=O)CCCCCCC/C=C\C/C=C\CCCCC)OC(=O)CCCCCCCCCCCCCCC. The average molecular weight is 1480 g/mol. The molecular weight excluding hydrogens is 1330 g/mol. The van der Waals surface area contributed by atoms with Crippen molar-refractivity contribution in [3.8, 4) is 0 Å². The normalized spacial score (nSPS) is 14.5. The Balaban J connectivity index is 5.38. The molecule has 0 bridgehead atoms. The standard InChI is InChI=1S/C83H144O17P2/c1-5-9-13-17-21-25-29-33-36-37-38-39-42-45-48-52-56-60-64-68-81(86)94-74-79(100-83(88)70-66-62-58-54-50-46-41-35-31-27-23-19-15-11-7-3)76-98-102(91,92)96-72-77(84)71-95-101(89,90)97-75-78(99-82(87)69-65-61-57-53-49-43-32-28-24-20-16-12-8-4)73-93-80(85)67-63-59-55-51-47-44-40-34-30-26-22-18-14-10-6-2/h10,14,21-23,25-27,33-36,38-41,47,51,77-79,84H,5-9,11-13,15-20,24,28-32,37,42-46,48-50,52-76H2,1-4H3,(H,89,90)(H,91,92)/b14-10-,25-21-,26-22-,27-23-,36-33-,39-38-,40-34-,41-35-,51-47-. The third-order valence-corrected chi connectivity index (χ3v) is 18.6. The maximum atomic E-state index is 13.1. The van der Waals surface area contributed by atoms with Crippen molar-refractivity contribution in [2.24, 2.45) is 0 Å². The van der Waals surface area contributed by atoms with Crippen LogP contribution in [0.15, 0.2) is 109 Å². The number of rotatable bonds is 75. The molecule has 0 aliphatic rings. The Morgan fingerprint density at radius 1 is 0.284 bits per heavy atom. The second kappa shape index (κ2) is 75.0. The van der Waals surface area contributed by atoms with Gasteiger partial charge in [0.1, 0.15) is 19.3 Å². The number of phosphoric ester groups is 2. The Bertz CT molecular complexity index is 2360. The molecule has 0 fully saturated rings. The van der Waals surface area contributed by atoms with E-state index in [0.29, 0.717) is 25.7 Å². The molecule has 0 aromatic carbocycles. The van der Waals surface area contributed by atoms with E-state index in [0.717, 1.165) is 167 Å². The fourth-order valence-corrected chi connectivity index (χ4v) is 12.2. The van der Waals surface area contributed by atoms with Crippen LogP contribution < -0.4 is 0 Å². The molecule has 0 radical (unpaired) electrons. The van der Waals surface area contributed by atoms with Gasteiger partial charge >= 0.3 is 39.5 Å². The van der Waals surface area contributed by atoms with E-state index in [2.05, 4.69) is 137 Å². The fraction of sp³-hybridized carbons (Fsp3) is 0.735. The molecule has 0 aromatic rings. The lowest BCUT2D eigenvalue weighted by atomic mass is 10.0. The molecule has 102 heavy (non-hydrogen) atoms. The lowest BCUT2D eigenvalue weighted by molar-refractivity contribution is -0.161. The highest BCUT2D eigenvalue weighted by Crippen LogP contribution is 2.45. The minimum atomic E-state index is -4.99. The zero-order valence-corrected chi connectivity index (χ0v) is 66.0. The van der Waals surface area contributed by atoms with Gasteiger partial charge < -0.3 is 33.8 Å². The van der Waals surface area contributed by atoms with Gasteiger partial charge in [-0.1, -0.05) is 285 Å². The van der Waals surface area contributed by atoms with Gasteiger partial charge in [0.2, 0.25) is 0 Å². The van der Waals surface area contributed by atoms with E-state index in [1.165, 1.54) is 89.9 Å². The molecule has 0 amide bonds. The predicted octanol–water partition coefficient (Wildman–Crippen LogP) is 23.3. The quantitative estimate of drug-likeness (QED) is 0.0169. The van der Waals surface area contributed by atoms with Crippen LogP contribution in [0.25, 0.3) is 0 Å². The van der Waals surface area contributed by atoms with Gasteiger partial charge in [-0.2, -0.15) is 0 Å². The van der Waals surface area contributed by atoms with Gasteiger partial charge in [-0.25, -0.2) is 9.13 Å². The Labute approximate surface area is 619 Å². The van der Waals surface area contributed by atoms with Crippen molar-refractivity contribution in [3.05, 3.63) is 109 Å². The summed E-state index contributed by atoms with van der Waals surface area (Å²) < 4.78 is 68.6. The first-order valence-electron chi connectivity index (χ1n) is 40.1. The van der Waals surface area contributed by atoms with Crippen LogP contribution >= 0.6 is 15.6 Å². The van der Waals surface area contributed by atoms with Gasteiger partial charge in [0, 0.05) is 25.7 Å². The minimum absolute atomic E-state index is 0.0746. The van der Waals surface area contributed by atoms with Crippen LogP contribution in [0.1, 0.15) is 336 Å². The summed E-state index contributed by atoms with van der Waals surface area (Å²) in [6.07, 6.45) is 80.6. The number of hydrogen-bond acceptors (Lipinski definition) is 15. The van der Waals surface area contributed by atoms with Gasteiger partial charge in [0.05, 0.1) is 26.4 Å². The molecular formula is C83H144O17P2. The van der Waals surface area contributed by atoms with Crippen molar-refractivity contribution >= 4 is 39.5 Å². The van der Waals surface area contributed by atoms with Crippen LogP contribution in [-0.4, -0.2) is 96.7 Å². The third kappa shape index (κ3) is 74.0. The molecule has 5 unspecified atom stereocenters. The number of allylic oxidation sites excluding steroid dienone is 18. The monoisotopic (exact) mass is 1470 g/mol. The topological polar surface area (TPSA) is 237 Å². The van der Waals surface area contributed by atoms with Gasteiger partial charge in [-0.15, -0.1) is 0 Å². The molecule has 19 heteroatoms. The molecule has 3 N–H and O–H groups in total. The summed E-state index contributed by atoms with van der Waals surface area (Å²) in [5.41, 5.74) is 0. The van der Waals surface area contributed by atoms with Gasteiger partial charge in [0.15, 0.2) is 12.2 Å². The summed E-state index contributed by atoms with van der Waals surface area (Å²) in [7, 11) is -9.97. The fourth-order valence-electron chi connectivity index (χ4n) is 10.6. The molecule has 0 saturated heterocycles. The van der Waals surface area contributed by atoms with Crippen LogP contribution in [0, 0.1) is 0 Å². The summed E-state index contributed by atoms with van der Waals surface area (Å²) >= 11 is 0. The second-order valence-corrected chi connectivity index (χ2v) is 29.5. The van der Waals surface area contributed by atoms with E-state index in [9.17, 15) is 43.2 Å². The number of ether oxygens (including phenoxy) is 4. The first-order valence-corrected chi connectivity index (χ1v) is 43.1. The van der Waals surface area contributed by atoms with E-state index in [1.54, 1.807) is 0 Å². The number of phosphoric acid groups is 2. The molecule has 0 spiro atoms. The Morgan fingerprint density at radius 3 is 0.824 bits per heavy atom. The van der Waals surface area contributed by atoms with Gasteiger partial charge in [0.25, 0.3) is 0 Å². The second-order valence-electron chi connectivity index (χ2n) is 26.6. The molecule has 17 nitrogen and oxygen atoms in total. The van der Waals surface area contributed by atoms with Crippen LogP contribution in [0.3, 0.4) is 0 Å². The molecule has 0 aromatic heterocycles. The van der Waals surface area contributed by atoms with Gasteiger partial charge in [-0.05, 0) is 135 Å². The molecule has 0 aliphatic carbocycles. The minimum Gasteiger partial charge on any atom is -0.462 e. The maximum Gasteiger partial charge on any atom is 0.472 e.